The Hall–Kier alpha value is -3.22. The van der Waals surface area contributed by atoms with E-state index >= 15 is 0 Å². The molecule has 0 unspecified atom stereocenters. The lowest BCUT2D eigenvalue weighted by Crippen LogP contribution is -2.17. The third-order valence-electron chi connectivity index (χ3n) is 4.98. The summed E-state index contributed by atoms with van der Waals surface area (Å²) in [5.41, 5.74) is 3.33. The van der Waals surface area contributed by atoms with E-state index in [2.05, 4.69) is 10.3 Å². The molecule has 2 heterocycles. The summed E-state index contributed by atoms with van der Waals surface area (Å²) in [7, 11) is 0. The Morgan fingerprint density at radius 3 is 2.70 bits per heavy atom. The zero-order valence-electron chi connectivity index (χ0n) is 16.0. The van der Waals surface area contributed by atoms with E-state index in [1.165, 1.54) is 12.1 Å². The Morgan fingerprint density at radius 1 is 1.13 bits per heavy atom. The highest BCUT2D eigenvalue weighted by Crippen LogP contribution is 2.29. The second kappa shape index (κ2) is 8.65. The molecule has 2 aromatic heterocycles. The van der Waals surface area contributed by atoms with Crippen LogP contribution in [-0.4, -0.2) is 20.6 Å². The first-order valence-corrected chi connectivity index (χ1v) is 9.79. The summed E-state index contributed by atoms with van der Waals surface area (Å²) in [5.74, 6) is -1.46. The summed E-state index contributed by atoms with van der Waals surface area (Å²) >= 11 is 6.20. The molecule has 0 amide bonds. The van der Waals surface area contributed by atoms with Crippen LogP contribution in [0.5, 0.6) is 0 Å². The van der Waals surface area contributed by atoms with Gasteiger partial charge in [0.05, 0.1) is 0 Å². The zero-order valence-corrected chi connectivity index (χ0v) is 16.7. The monoisotopic (exact) mass is 423 g/mol. The summed E-state index contributed by atoms with van der Waals surface area (Å²) in [6.07, 6.45) is 3.48. The van der Waals surface area contributed by atoms with Crippen molar-refractivity contribution in [2.75, 3.05) is 0 Å². The van der Waals surface area contributed by atoms with Crippen LogP contribution in [-0.2, 0) is 19.6 Å². The zero-order chi connectivity index (χ0) is 21.1. The molecular formula is C23H19ClFN3O2. The number of carboxylic acids is 1. The van der Waals surface area contributed by atoms with E-state index in [1.807, 2.05) is 36.4 Å². The average molecular weight is 424 g/mol. The molecule has 2 N–H and O–H groups in total. The van der Waals surface area contributed by atoms with Crippen molar-refractivity contribution in [2.24, 2.45) is 0 Å². The summed E-state index contributed by atoms with van der Waals surface area (Å²) in [6, 6.07) is 15.5. The van der Waals surface area contributed by atoms with E-state index in [9.17, 15) is 14.3 Å². The predicted octanol–water partition coefficient (Wildman–Crippen LogP) is 4.87. The predicted molar refractivity (Wildman–Crippen MR) is 114 cm³/mol. The quantitative estimate of drug-likeness (QED) is 0.445. The van der Waals surface area contributed by atoms with Crippen molar-refractivity contribution in [2.45, 2.75) is 19.6 Å². The van der Waals surface area contributed by atoms with Crippen molar-refractivity contribution in [3.8, 4) is 0 Å². The molecule has 0 radical (unpaired) electrons. The van der Waals surface area contributed by atoms with Gasteiger partial charge in [-0.2, -0.15) is 0 Å². The number of aromatic nitrogens is 2. The number of halogens is 2. The average Bonchev–Trinajstić information content (AvgIpc) is 3.05. The second-order valence-electron chi connectivity index (χ2n) is 6.94. The number of benzene rings is 2. The number of nitrogens with zero attached hydrogens (tertiary/aromatic N) is 2. The minimum absolute atomic E-state index is 0.190. The topological polar surface area (TPSA) is 67.2 Å². The molecule has 4 rings (SSSR count). The standard InChI is InChI=1S/C23H19ClFN3O2/c24-20-10-17(25)8-7-16(20)14-28-21-6-2-1-5-18(21)19(22(28)23(29)30)13-27-12-15-4-3-9-26-11-15/h1-11,27H,12-14H2,(H,29,30). The van der Waals surface area contributed by atoms with Gasteiger partial charge < -0.3 is 15.0 Å². The third kappa shape index (κ3) is 4.06. The highest BCUT2D eigenvalue weighted by atomic mass is 35.5. The molecular weight excluding hydrogens is 405 g/mol. The Labute approximate surface area is 177 Å². The van der Waals surface area contributed by atoms with Crippen LogP contribution in [0.4, 0.5) is 4.39 Å². The van der Waals surface area contributed by atoms with Gasteiger partial charge in [-0.1, -0.05) is 41.9 Å². The highest BCUT2D eigenvalue weighted by Gasteiger charge is 2.22. The van der Waals surface area contributed by atoms with Gasteiger partial charge >= 0.3 is 5.97 Å². The second-order valence-corrected chi connectivity index (χ2v) is 7.34. The normalized spacial score (nSPS) is 11.1. The van der Waals surface area contributed by atoms with Gasteiger partial charge in [-0.05, 0) is 35.4 Å². The molecule has 0 fully saturated rings. The van der Waals surface area contributed by atoms with Crippen LogP contribution < -0.4 is 5.32 Å². The van der Waals surface area contributed by atoms with Gasteiger partial charge in [0.25, 0.3) is 0 Å². The van der Waals surface area contributed by atoms with E-state index in [-0.39, 0.29) is 17.3 Å². The number of hydrogen-bond acceptors (Lipinski definition) is 3. The van der Waals surface area contributed by atoms with Crippen LogP contribution in [0.15, 0.2) is 67.0 Å². The molecule has 0 saturated carbocycles. The SMILES string of the molecule is O=C(O)c1c(CNCc2cccnc2)c2ccccc2n1Cc1ccc(F)cc1Cl. The fraction of sp³-hybridized carbons (Fsp3) is 0.130. The molecule has 7 heteroatoms. The maximum absolute atomic E-state index is 13.4. The molecule has 30 heavy (non-hydrogen) atoms. The molecule has 0 aliphatic heterocycles. The number of aromatic carboxylic acids is 1. The molecule has 5 nitrogen and oxygen atoms in total. The van der Waals surface area contributed by atoms with Crippen LogP contribution in [0, 0.1) is 5.82 Å². The van der Waals surface area contributed by atoms with Crippen LogP contribution >= 0.6 is 11.6 Å². The fourth-order valence-electron chi connectivity index (χ4n) is 3.62. The first kappa shape index (κ1) is 20.1. The summed E-state index contributed by atoms with van der Waals surface area (Å²) in [4.78, 5) is 16.3. The minimum Gasteiger partial charge on any atom is -0.477 e. The molecule has 152 valence electrons. The van der Waals surface area contributed by atoms with Crippen LogP contribution in [0.2, 0.25) is 5.02 Å². The van der Waals surface area contributed by atoms with Gasteiger partial charge in [-0.3, -0.25) is 4.98 Å². The van der Waals surface area contributed by atoms with E-state index in [1.54, 1.807) is 23.0 Å². The van der Waals surface area contributed by atoms with Crippen molar-refractivity contribution in [1.82, 2.24) is 14.9 Å². The van der Waals surface area contributed by atoms with Crippen LogP contribution in [0.1, 0.15) is 27.2 Å². The van der Waals surface area contributed by atoms with Crippen LogP contribution in [0.25, 0.3) is 10.9 Å². The molecule has 0 aliphatic carbocycles. The fourth-order valence-corrected chi connectivity index (χ4v) is 3.84. The van der Waals surface area contributed by atoms with Gasteiger partial charge in [0.2, 0.25) is 0 Å². The molecule has 4 aromatic rings. The van der Waals surface area contributed by atoms with Crippen molar-refractivity contribution < 1.29 is 14.3 Å². The summed E-state index contributed by atoms with van der Waals surface area (Å²) in [5, 5.41) is 14.4. The molecule has 2 aromatic carbocycles. The molecule has 0 atom stereocenters. The molecule has 0 spiro atoms. The number of fused-ring (bicyclic) bond motifs is 1. The Balaban J connectivity index is 1.72. The number of nitrogens with one attached hydrogen (secondary N) is 1. The first-order chi connectivity index (χ1) is 14.5. The molecule has 0 bridgehead atoms. The maximum Gasteiger partial charge on any atom is 0.352 e. The summed E-state index contributed by atoms with van der Waals surface area (Å²) in [6.45, 7) is 1.17. The Kier molecular flexibility index (Phi) is 5.79. The smallest absolute Gasteiger partial charge is 0.352 e. The van der Waals surface area contributed by atoms with Gasteiger partial charge in [-0.15, -0.1) is 0 Å². The Morgan fingerprint density at radius 2 is 1.97 bits per heavy atom. The maximum atomic E-state index is 13.4. The minimum atomic E-state index is -1.03. The van der Waals surface area contributed by atoms with Gasteiger partial charge in [0.15, 0.2) is 0 Å². The van der Waals surface area contributed by atoms with E-state index in [0.717, 1.165) is 16.5 Å². The van der Waals surface area contributed by atoms with Gasteiger partial charge in [-0.25, -0.2) is 9.18 Å². The first-order valence-electron chi connectivity index (χ1n) is 9.41. The number of carboxylic acid groups (broad SMARTS) is 1. The summed E-state index contributed by atoms with van der Waals surface area (Å²) < 4.78 is 15.2. The van der Waals surface area contributed by atoms with Crippen molar-refractivity contribution in [1.29, 1.82) is 0 Å². The van der Waals surface area contributed by atoms with E-state index in [4.69, 9.17) is 11.6 Å². The van der Waals surface area contributed by atoms with Gasteiger partial charge in [0.1, 0.15) is 11.5 Å². The lowest BCUT2D eigenvalue weighted by molar-refractivity contribution is 0.0684. The van der Waals surface area contributed by atoms with E-state index < -0.39 is 11.8 Å². The highest BCUT2D eigenvalue weighted by molar-refractivity contribution is 6.31. The van der Waals surface area contributed by atoms with Crippen molar-refractivity contribution in [3.05, 3.63) is 100 Å². The van der Waals surface area contributed by atoms with Crippen molar-refractivity contribution in [3.63, 3.8) is 0 Å². The number of hydrogen-bond donors (Lipinski definition) is 2. The Bertz CT molecular complexity index is 1210. The number of para-hydroxylation sites is 1. The van der Waals surface area contributed by atoms with E-state index in [0.29, 0.717) is 24.2 Å². The number of carbonyl (C=O) groups is 1. The lowest BCUT2D eigenvalue weighted by Gasteiger charge is -2.11. The number of rotatable bonds is 7. The van der Waals surface area contributed by atoms with Crippen molar-refractivity contribution >= 4 is 28.5 Å². The molecule has 0 aliphatic rings. The van der Waals surface area contributed by atoms with Crippen LogP contribution in [0.3, 0.4) is 0 Å². The molecule has 0 saturated heterocycles. The lowest BCUT2D eigenvalue weighted by atomic mass is 10.1. The largest absolute Gasteiger partial charge is 0.477 e. The third-order valence-corrected chi connectivity index (χ3v) is 5.33. The van der Waals surface area contributed by atoms with Gasteiger partial charge in [0, 0.05) is 53.5 Å². The number of pyridine rings is 1.